The zero-order valence-corrected chi connectivity index (χ0v) is 23.4. The van der Waals surface area contributed by atoms with Gasteiger partial charge in [-0.15, -0.1) is 0 Å². The number of fused-ring (bicyclic) bond motifs is 2. The highest BCUT2D eigenvalue weighted by Crippen LogP contribution is 2.31. The smallest absolute Gasteiger partial charge is 0.252 e. The lowest BCUT2D eigenvalue weighted by atomic mass is 10.0. The van der Waals surface area contributed by atoms with Gasteiger partial charge in [0.2, 0.25) is 0 Å². The average Bonchev–Trinajstić information content (AvgIpc) is 3.48. The Bertz CT molecular complexity index is 1420. The normalized spacial score (nSPS) is 18.3. The Kier molecular flexibility index (Phi) is 8.07. The first kappa shape index (κ1) is 26.8. The molecule has 2 N–H and O–H groups in total. The molecule has 1 amide bonds. The molecule has 8 nitrogen and oxygen atoms in total. The van der Waals surface area contributed by atoms with E-state index in [4.69, 9.17) is 9.47 Å². The molecular formula is C32H40N4O4. The van der Waals surface area contributed by atoms with E-state index in [1.807, 2.05) is 35.8 Å². The van der Waals surface area contributed by atoms with Crippen molar-refractivity contribution in [3.05, 3.63) is 69.5 Å². The average molecular weight is 545 g/mol. The second-order valence-corrected chi connectivity index (χ2v) is 11.5. The molecule has 8 heteroatoms. The second kappa shape index (κ2) is 12.0. The Morgan fingerprint density at radius 2 is 1.68 bits per heavy atom. The number of hydrogen-bond donors (Lipinski definition) is 2. The Labute approximate surface area is 235 Å². The third kappa shape index (κ3) is 6.03. The summed E-state index contributed by atoms with van der Waals surface area (Å²) in [6.45, 7) is 7.45. The molecule has 0 atom stereocenters. The molecule has 1 saturated heterocycles. The number of nitrogens with zero attached hydrogens (tertiary/aromatic N) is 2. The van der Waals surface area contributed by atoms with Crippen LogP contribution in [0.25, 0.3) is 10.9 Å². The van der Waals surface area contributed by atoms with Gasteiger partial charge in [0.25, 0.3) is 11.5 Å². The van der Waals surface area contributed by atoms with Crippen molar-refractivity contribution >= 4 is 16.8 Å². The van der Waals surface area contributed by atoms with E-state index in [0.29, 0.717) is 31.4 Å². The number of carbonyl (C=O) groups excluding carboxylic acids is 1. The molecule has 212 valence electrons. The topological polar surface area (TPSA) is 84.8 Å². The number of aromatic nitrogens is 1. The standard InChI is InChI=1S/C32H40N4O4/c1-22-6-8-26-27(32(38)34-25-4-2-3-5-25)20-31(37)36(28(26)18-22)15-14-35-12-10-24(11-13-35)33-21-23-7-9-29-30(19-23)40-17-16-39-29/h6-9,18-20,24-25,33H,2-5,10-17,21H2,1H3,(H,34,38). The molecule has 1 aromatic heterocycles. The number of hydrogen-bond acceptors (Lipinski definition) is 6. The summed E-state index contributed by atoms with van der Waals surface area (Å²) in [6.07, 6.45) is 6.48. The summed E-state index contributed by atoms with van der Waals surface area (Å²) >= 11 is 0. The SMILES string of the molecule is Cc1ccc2c(C(=O)NC3CCCC3)cc(=O)n(CCN3CCC(NCc4ccc5c(c4)OCCO5)CC3)c2c1. The van der Waals surface area contributed by atoms with Gasteiger partial charge >= 0.3 is 0 Å². The molecule has 40 heavy (non-hydrogen) atoms. The molecule has 3 aromatic rings. The van der Waals surface area contributed by atoms with Crippen molar-refractivity contribution < 1.29 is 14.3 Å². The van der Waals surface area contributed by atoms with Gasteiger partial charge in [0.1, 0.15) is 13.2 Å². The molecule has 3 aliphatic rings. The number of pyridine rings is 1. The lowest BCUT2D eigenvalue weighted by molar-refractivity contribution is 0.0939. The van der Waals surface area contributed by atoms with E-state index in [1.165, 1.54) is 11.6 Å². The first-order valence-corrected chi connectivity index (χ1v) is 14.8. The lowest BCUT2D eigenvalue weighted by Gasteiger charge is -2.32. The molecule has 0 unspecified atom stereocenters. The Balaban J connectivity index is 1.06. The van der Waals surface area contributed by atoms with Gasteiger partial charge in [-0.2, -0.15) is 0 Å². The van der Waals surface area contributed by atoms with Crippen molar-refractivity contribution in [1.82, 2.24) is 20.1 Å². The minimum absolute atomic E-state index is 0.106. The largest absolute Gasteiger partial charge is 0.486 e. The van der Waals surface area contributed by atoms with Gasteiger partial charge in [0.15, 0.2) is 11.5 Å². The summed E-state index contributed by atoms with van der Waals surface area (Å²) in [5.41, 5.74) is 3.52. The van der Waals surface area contributed by atoms with Crippen molar-refractivity contribution in [2.45, 2.75) is 70.6 Å². The van der Waals surface area contributed by atoms with Crippen molar-refractivity contribution in [3.63, 3.8) is 0 Å². The lowest BCUT2D eigenvalue weighted by Crippen LogP contribution is -2.43. The van der Waals surface area contributed by atoms with E-state index < -0.39 is 0 Å². The number of likely N-dealkylation sites (tertiary alicyclic amines) is 1. The summed E-state index contributed by atoms with van der Waals surface area (Å²) in [5.74, 6) is 1.53. The van der Waals surface area contributed by atoms with E-state index in [-0.39, 0.29) is 17.5 Å². The third-order valence-electron chi connectivity index (χ3n) is 8.63. The number of ether oxygens (including phenoxy) is 2. The fraction of sp³-hybridized carbons (Fsp3) is 0.500. The Hall–Kier alpha value is -3.36. The molecule has 0 spiro atoms. The summed E-state index contributed by atoms with van der Waals surface area (Å²) in [4.78, 5) is 28.8. The number of nitrogens with one attached hydrogen (secondary N) is 2. The van der Waals surface area contributed by atoms with Crippen molar-refractivity contribution in [2.24, 2.45) is 0 Å². The van der Waals surface area contributed by atoms with Crippen LogP contribution in [0, 0.1) is 6.92 Å². The minimum Gasteiger partial charge on any atom is -0.486 e. The fourth-order valence-electron chi connectivity index (χ4n) is 6.30. The zero-order chi connectivity index (χ0) is 27.5. The van der Waals surface area contributed by atoms with Gasteiger partial charge in [-0.3, -0.25) is 9.59 Å². The molecule has 1 saturated carbocycles. The van der Waals surface area contributed by atoms with Crippen LogP contribution in [0.1, 0.15) is 60.0 Å². The van der Waals surface area contributed by atoms with E-state index >= 15 is 0 Å². The summed E-state index contributed by atoms with van der Waals surface area (Å²) in [6, 6.07) is 14.4. The number of rotatable bonds is 8. The van der Waals surface area contributed by atoms with Crippen molar-refractivity contribution in [2.75, 3.05) is 32.8 Å². The fourth-order valence-corrected chi connectivity index (χ4v) is 6.30. The van der Waals surface area contributed by atoms with Crippen LogP contribution in [0.3, 0.4) is 0 Å². The summed E-state index contributed by atoms with van der Waals surface area (Å²) in [5, 5.41) is 7.71. The predicted molar refractivity (Wildman–Crippen MR) is 156 cm³/mol. The molecular weight excluding hydrogens is 504 g/mol. The minimum atomic E-state index is -0.129. The van der Waals surface area contributed by atoms with Crippen molar-refractivity contribution in [1.29, 1.82) is 0 Å². The summed E-state index contributed by atoms with van der Waals surface area (Å²) < 4.78 is 13.2. The van der Waals surface area contributed by atoms with Crippen molar-refractivity contribution in [3.8, 4) is 11.5 Å². The number of benzene rings is 2. The van der Waals surface area contributed by atoms with Crippen LogP contribution in [0.5, 0.6) is 11.5 Å². The van der Waals surface area contributed by atoms with Gasteiger partial charge in [0, 0.05) is 43.2 Å². The maximum Gasteiger partial charge on any atom is 0.252 e. The maximum atomic E-state index is 13.3. The highest BCUT2D eigenvalue weighted by Gasteiger charge is 2.22. The number of piperidine rings is 1. The number of aryl methyl sites for hydroxylation is 1. The Morgan fingerprint density at radius 3 is 2.48 bits per heavy atom. The second-order valence-electron chi connectivity index (χ2n) is 11.5. The van der Waals surface area contributed by atoms with Gasteiger partial charge in [0.05, 0.1) is 11.1 Å². The highest BCUT2D eigenvalue weighted by molar-refractivity contribution is 6.06. The monoisotopic (exact) mass is 544 g/mol. The first-order valence-electron chi connectivity index (χ1n) is 14.8. The number of carbonyl (C=O) groups is 1. The van der Waals surface area contributed by atoms with Crippen LogP contribution in [0.2, 0.25) is 0 Å². The number of amides is 1. The van der Waals surface area contributed by atoms with E-state index in [9.17, 15) is 9.59 Å². The van der Waals surface area contributed by atoms with Crippen LogP contribution in [0.4, 0.5) is 0 Å². The van der Waals surface area contributed by atoms with Gasteiger partial charge in [-0.05, 0) is 75.0 Å². The molecule has 3 heterocycles. The first-order chi connectivity index (χ1) is 19.5. The van der Waals surface area contributed by atoms with Crippen LogP contribution in [-0.4, -0.2) is 60.3 Å². The van der Waals surface area contributed by atoms with Crippen LogP contribution < -0.4 is 25.7 Å². The highest BCUT2D eigenvalue weighted by atomic mass is 16.6. The van der Waals surface area contributed by atoms with Gasteiger partial charge < -0.3 is 29.6 Å². The molecule has 1 aliphatic carbocycles. The molecule has 6 rings (SSSR count). The zero-order valence-electron chi connectivity index (χ0n) is 23.4. The van der Waals surface area contributed by atoms with Crippen LogP contribution in [0.15, 0.2) is 47.3 Å². The van der Waals surface area contributed by atoms with Crippen LogP contribution >= 0.6 is 0 Å². The molecule has 2 aliphatic heterocycles. The Morgan fingerprint density at radius 1 is 0.900 bits per heavy atom. The molecule has 2 aromatic carbocycles. The predicted octanol–water partition coefficient (Wildman–Crippen LogP) is 4.01. The summed E-state index contributed by atoms with van der Waals surface area (Å²) in [7, 11) is 0. The third-order valence-corrected chi connectivity index (χ3v) is 8.63. The van der Waals surface area contributed by atoms with Crippen LogP contribution in [-0.2, 0) is 13.1 Å². The van der Waals surface area contributed by atoms with E-state index in [0.717, 1.165) is 92.7 Å². The maximum absolute atomic E-state index is 13.3. The molecule has 0 radical (unpaired) electrons. The quantitative estimate of drug-likeness (QED) is 0.446. The van der Waals surface area contributed by atoms with E-state index in [1.54, 1.807) is 0 Å². The molecule has 2 fully saturated rings. The molecule has 0 bridgehead atoms. The van der Waals surface area contributed by atoms with Gasteiger partial charge in [-0.25, -0.2) is 0 Å². The van der Waals surface area contributed by atoms with E-state index in [2.05, 4.69) is 27.7 Å². The van der Waals surface area contributed by atoms with Gasteiger partial charge in [-0.1, -0.05) is 31.0 Å².